The van der Waals surface area contributed by atoms with Crippen molar-refractivity contribution >= 4 is 5.91 Å². The van der Waals surface area contributed by atoms with Crippen molar-refractivity contribution in [3.8, 4) is 0 Å². The fourth-order valence-electron chi connectivity index (χ4n) is 4.15. The molecule has 3 fully saturated rings. The van der Waals surface area contributed by atoms with Gasteiger partial charge in [-0.05, 0) is 32.4 Å². The maximum atomic E-state index is 12.5. The zero-order valence-electron chi connectivity index (χ0n) is 14.9. The maximum absolute atomic E-state index is 12.5. The predicted octanol–water partition coefficient (Wildman–Crippen LogP) is 0.548. The van der Waals surface area contributed by atoms with Crippen LogP contribution < -0.4 is 0 Å². The molecule has 3 aliphatic heterocycles. The minimum atomic E-state index is -0.740. The van der Waals surface area contributed by atoms with E-state index in [0.29, 0.717) is 32.5 Å². The molecule has 0 aromatic carbocycles. The van der Waals surface area contributed by atoms with Crippen molar-refractivity contribution in [1.29, 1.82) is 0 Å². The summed E-state index contributed by atoms with van der Waals surface area (Å²) in [6.07, 6.45) is 6.46. The van der Waals surface area contributed by atoms with E-state index in [-0.39, 0.29) is 5.91 Å². The summed E-state index contributed by atoms with van der Waals surface area (Å²) >= 11 is 0. The Labute approximate surface area is 145 Å². The SMILES string of the molecule is O=C(CCN1CCCCCC1)N1CCC(O)(CN2CCOCC2)C1. The molecular formula is C18H33N3O3. The number of hydrogen-bond donors (Lipinski definition) is 1. The number of carbonyl (C=O) groups is 1. The molecule has 1 amide bonds. The third-order valence-corrected chi connectivity index (χ3v) is 5.65. The van der Waals surface area contributed by atoms with Crippen LogP contribution in [0.5, 0.6) is 0 Å². The average Bonchev–Trinajstić information content (AvgIpc) is 2.81. The Kier molecular flexibility index (Phi) is 6.49. The fourth-order valence-corrected chi connectivity index (χ4v) is 4.15. The van der Waals surface area contributed by atoms with Crippen LogP contribution in [0.3, 0.4) is 0 Å². The summed E-state index contributed by atoms with van der Waals surface area (Å²) in [4.78, 5) is 19.1. The van der Waals surface area contributed by atoms with Gasteiger partial charge in [0.2, 0.25) is 5.91 Å². The highest BCUT2D eigenvalue weighted by atomic mass is 16.5. The lowest BCUT2D eigenvalue weighted by Crippen LogP contribution is -2.49. The van der Waals surface area contributed by atoms with Crippen molar-refractivity contribution in [3.63, 3.8) is 0 Å². The van der Waals surface area contributed by atoms with E-state index in [1.807, 2.05) is 4.90 Å². The highest BCUT2D eigenvalue weighted by molar-refractivity contribution is 5.76. The highest BCUT2D eigenvalue weighted by Crippen LogP contribution is 2.23. The first kappa shape index (κ1) is 18.1. The number of morpholine rings is 1. The van der Waals surface area contributed by atoms with Gasteiger partial charge in [0, 0.05) is 39.1 Å². The molecule has 6 heteroatoms. The van der Waals surface area contributed by atoms with Crippen LogP contribution in [-0.2, 0) is 9.53 Å². The molecular weight excluding hydrogens is 306 g/mol. The van der Waals surface area contributed by atoms with Crippen molar-refractivity contribution in [2.75, 3.05) is 65.6 Å². The topological polar surface area (TPSA) is 56.2 Å². The largest absolute Gasteiger partial charge is 0.387 e. The minimum Gasteiger partial charge on any atom is -0.387 e. The molecule has 0 radical (unpaired) electrons. The van der Waals surface area contributed by atoms with E-state index < -0.39 is 5.60 Å². The smallest absolute Gasteiger partial charge is 0.223 e. The Morgan fingerprint density at radius 3 is 2.38 bits per heavy atom. The van der Waals surface area contributed by atoms with Crippen LogP contribution in [0.2, 0.25) is 0 Å². The molecule has 1 N–H and O–H groups in total. The van der Waals surface area contributed by atoms with Crippen LogP contribution in [-0.4, -0.2) is 96.9 Å². The van der Waals surface area contributed by atoms with Crippen LogP contribution in [0.25, 0.3) is 0 Å². The third-order valence-electron chi connectivity index (χ3n) is 5.65. The van der Waals surface area contributed by atoms with Crippen LogP contribution in [0.1, 0.15) is 38.5 Å². The van der Waals surface area contributed by atoms with Gasteiger partial charge in [0.05, 0.1) is 25.4 Å². The quantitative estimate of drug-likeness (QED) is 0.793. The van der Waals surface area contributed by atoms with E-state index >= 15 is 0 Å². The molecule has 1 unspecified atom stereocenters. The van der Waals surface area contributed by atoms with E-state index in [2.05, 4.69) is 9.80 Å². The number of carbonyl (C=O) groups excluding carboxylic acids is 1. The molecule has 0 aromatic heterocycles. The number of rotatable bonds is 5. The molecule has 0 aromatic rings. The number of β-amino-alcohol motifs (C(OH)–C–C–N with tert-alkyl or cyclic N) is 1. The van der Waals surface area contributed by atoms with E-state index in [1.54, 1.807) is 0 Å². The molecule has 3 saturated heterocycles. The van der Waals surface area contributed by atoms with Crippen molar-refractivity contribution in [3.05, 3.63) is 0 Å². The molecule has 138 valence electrons. The summed E-state index contributed by atoms with van der Waals surface area (Å²) < 4.78 is 5.36. The van der Waals surface area contributed by atoms with Gasteiger partial charge < -0.3 is 19.6 Å². The van der Waals surface area contributed by atoms with Gasteiger partial charge in [0.1, 0.15) is 0 Å². The summed E-state index contributed by atoms with van der Waals surface area (Å²) in [6, 6.07) is 0. The zero-order valence-corrected chi connectivity index (χ0v) is 14.9. The number of amides is 1. The Morgan fingerprint density at radius 2 is 1.67 bits per heavy atom. The van der Waals surface area contributed by atoms with Gasteiger partial charge in [0.15, 0.2) is 0 Å². The second-order valence-electron chi connectivity index (χ2n) is 7.68. The van der Waals surface area contributed by atoms with Crippen LogP contribution >= 0.6 is 0 Å². The maximum Gasteiger partial charge on any atom is 0.223 e. The van der Waals surface area contributed by atoms with Crippen molar-refractivity contribution in [1.82, 2.24) is 14.7 Å². The van der Waals surface area contributed by atoms with Gasteiger partial charge in [-0.15, -0.1) is 0 Å². The lowest BCUT2D eigenvalue weighted by molar-refractivity contribution is -0.131. The number of likely N-dealkylation sites (tertiary alicyclic amines) is 2. The first-order valence-corrected chi connectivity index (χ1v) is 9.67. The van der Waals surface area contributed by atoms with Gasteiger partial charge in [-0.1, -0.05) is 12.8 Å². The third kappa shape index (κ3) is 5.15. The molecule has 0 bridgehead atoms. The van der Waals surface area contributed by atoms with Crippen molar-refractivity contribution in [2.24, 2.45) is 0 Å². The second kappa shape index (κ2) is 8.61. The van der Waals surface area contributed by atoms with E-state index in [9.17, 15) is 9.90 Å². The normalized spacial score (nSPS) is 30.5. The van der Waals surface area contributed by atoms with Gasteiger partial charge >= 0.3 is 0 Å². The Bertz CT molecular complexity index is 406. The molecule has 0 aliphatic carbocycles. The van der Waals surface area contributed by atoms with E-state index in [1.165, 1.54) is 25.7 Å². The average molecular weight is 339 g/mol. The van der Waals surface area contributed by atoms with Crippen LogP contribution in [0.15, 0.2) is 0 Å². The minimum absolute atomic E-state index is 0.206. The molecule has 3 aliphatic rings. The van der Waals surface area contributed by atoms with Crippen LogP contribution in [0.4, 0.5) is 0 Å². The van der Waals surface area contributed by atoms with Crippen molar-refractivity contribution in [2.45, 2.75) is 44.1 Å². The van der Waals surface area contributed by atoms with Gasteiger partial charge in [0.25, 0.3) is 0 Å². The van der Waals surface area contributed by atoms with Gasteiger partial charge in [-0.3, -0.25) is 9.69 Å². The molecule has 0 spiro atoms. The molecule has 1 atom stereocenters. The lowest BCUT2D eigenvalue weighted by Gasteiger charge is -2.33. The zero-order chi connectivity index (χ0) is 16.8. The number of aliphatic hydroxyl groups is 1. The molecule has 0 saturated carbocycles. The molecule has 6 nitrogen and oxygen atoms in total. The Morgan fingerprint density at radius 1 is 0.958 bits per heavy atom. The monoisotopic (exact) mass is 339 g/mol. The summed E-state index contributed by atoms with van der Waals surface area (Å²) in [5.74, 6) is 0.206. The first-order chi connectivity index (χ1) is 11.6. The summed E-state index contributed by atoms with van der Waals surface area (Å²) in [6.45, 7) is 8.23. The fraction of sp³-hybridized carbons (Fsp3) is 0.944. The van der Waals surface area contributed by atoms with Gasteiger partial charge in [-0.25, -0.2) is 0 Å². The second-order valence-corrected chi connectivity index (χ2v) is 7.68. The number of nitrogens with zero attached hydrogens (tertiary/aromatic N) is 3. The molecule has 24 heavy (non-hydrogen) atoms. The predicted molar refractivity (Wildman–Crippen MR) is 92.9 cm³/mol. The standard InChI is InChI=1S/C18H33N3O3/c22-17(5-9-19-7-3-1-2-4-8-19)21-10-6-18(23,16-21)15-20-11-13-24-14-12-20/h23H,1-16H2. The van der Waals surface area contributed by atoms with Gasteiger partial charge in [-0.2, -0.15) is 0 Å². The lowest BCUT2D eigenvalue weighted by atomic mass is 10.0. The number of ether oxygens (including phenoxy) is 1. The summed E-state index contributed by atoms with van der Waals surface area (Å²) in [5, 5.41) is 10.8. The Balaban J connectivity index is 1.41. The van der Waals surface area contributed by atoms with Crippen molar-refractivity contribution < 1.29 is 14.6 Å². The Hall–Kier alpha value is -0.690. The van der Waals surface area contributed by atoms with E-state index in [0.717, 1.165) is 45.9 Å². The first-order valence-electron chi connectivity index (χ1n) is 9.67. The van der Waals surface area contributed by atoms with E-state index in [4.69, 9.17) is 4.74 Å². The summed E-state index contributed by atoms with van der Waals surface area (Å²) in [7, 11) is 0. The van der Waals surface area contributed by atoms with Crippen LogP contribution in [0, 0.1) is 0 Å². The molecule has 3 heterocycles. The highest BCUT2D eigenvalue weighted by Gasteiger charge is 2.39. The molecule has 3 rings (SSSR count). The number of hydrogen-bond acceptors (Lipinski definition) is 5. The summed E-state index contributed by atoms with van der Waals surface area (Å²) in [5.41, 5.74) is -0.740.